The number of ether oxygens (including phenoxy) is 1. The maximum absolute atomic E-state index is 12.7. The van der Waals surface area contributed by atoms with Crippen molar-refractivity contribution in [3.63, 3.8) is 0 Å². The van der Waals surface area contributed by atoms with Gasteiger partial charge in [-0.1, -0.05) is 0 Å². The first-order valence-electron chi connectivity index (χ1n) is 9.90. The largest absolute Gasteiger partial charge is 0.507 e. The Kier molecular flexibility index (Phi) is 7.02. The van der Waals surface area contributed by atoms with Crippen molar-refractivity contribution >= 4 is 46.3 Å². The molecule has 0 unspecified atom stereocenters. The number of amidine groups is 1. The van der Waals surface area contributed by atoms with Gasteiger partial charge in [-0.3, -0.25) is 9.69 Å². The lowest BCUT2D eigenvalue weighted by Gasteiger charge is -2.21. The Morgan fingerprint density at radius 2 is 1.87 bits per heavy atom. The van der Waals surface area contributed by atoms with E-state index in [1.165, 1.54) is 23.8 Å². The Labute approximate surface area is 186 Å². The number of methoxy groups -OCH3 is 1. The van der Waals surface area contributed by atoms with Crippen LogP contribution in [0.2, 0.25) is 0 Å². The van der Waals surface area contributed by atoms with E-state index in [9.17, 15) is 14.7 Å². The fourth-order valence-corrected chi connectivity index (χ4v) is 4.11. The number of phenols is 1. The Bertz CT molecular complexity index is 1040. The summed E-state index contributed by atoms with van der Waals surface area (Å²) in [4.78, 5) is 32.8. The second-order valence-corrected chi connectivity index (χ2v) is 7.83. The quantitative estimate of drug-likeness (QED) is 0.535. The average molecular weight is 440 g/mol. The molecule has 0 spiro atoms. The molecule has 162 valence electrons. The highest BCUT2D eigenvalue weighted by Crippen LogP contribution is 2.35. The predicted molar refractivity (Wildman–Crippen MR) is 125 cm³/mol. The second kappa shape index (κ2) is 9.70. The van der Waals surface area contributed by atoms with Crippen LogP contribution in [0.5, 0.6) is 5.75 Å². The number of hydrogen-bond donors (Lipinski definition) is 1. The number of aliphatic imine (C=N–C) groups is 1. The number of aromatic hydroxyl groups is 1. The van der Waals surface area contributed by atoms with E-state index >= 15 is 0 Å². The van der Waals surface area contributed by atoms with Crippen LogP contribution in [0.15, 0.2) is 52.4 Å². The first-order valence-corrected chi connectivity index (χ1v) is 10.7. The molecule has 7 nitrogen and oxygen atoms in total. The Hall–Kier alpha value is -3.26. The summed E-state index contributed by atoms with van der Waals surface area (Å²) in [6, 6.07) is 12.1. The Morgan fingerprint density at radius 3 is 2.45 bits per heavy atom. The molecule has 1 fully saturated rings. The lowest BCUT2D eigenvalue weighted by Crippen LogP contribution is -2.23. The smallest absolute Gasteiger partial charge is 0.337 e. The minimum atomic E-state index is -0.418. The topological polar surface area (TPSA) is 82.4 Å². The molecule has 1 N–H and O–H groups in total. The van der Waals surface area contributed by atoms with Gasteiger partial charge in [0.25, 0.3) is 5.91 Å². The van der Waals surface area contributed by atoms with E-state index in [0.717, 1.165) is 18.8 Å². The van der Waals surface area contributed by atoms with Gasteiger partial charge in [-0.15, -0.1) is 0 Å². The van der Waals surface area contributed by atoms with E-state index < -0.39 is 5.97 Å². The third kappa shape index (κ3) is 4.91. The number of carbonyl (C=O) groups is 2. The SMILES string of the molecule is CCN(CC)c1ccc(/C=C2\SC(=Nc3ccc(C(=O)OC)cc3)N(C)C2=O)c(O)c1. The fraction of sp³-hybridized carbons (Fsp3) is 0.261. The van der Waals surface area contributed by atoms with Gasteiger partial charge in [-0.05, 0) is 68.1 Å². The van der Waals surface area contributed by atoms with Crippen molar-refractivity contribution in [3.8, 4) is 5.75 Å². The minimum absolute atomic E-state index is 0.122. The molecule has 1 amide bonds. The van der Waals surface area contributed by atoms with Gasteiger partial charge in [-0.2, -0.15) is 0 Å². The molecule has 1 heterocycles. The van der Waals surface area contributed by atoms with Crippen molar-refractivity contribution < 1.29 is 19.4 Å². The Balaban J connectivity index is 1.83. The van der Waals surface area contributed by atoms with Gasteiger partial charge < -0.3 is 14.7 Å². The number of anilines is 1. The summed E-state index contributed by atoms with van der Waals surface area (Å²) in [5, 5.41) is 11.0. The number of nitrogens with zero attached hydrogens (tertiary/aromatic N) is 3. The molecule has 0 aliphatic carbocycles. The predicted octanol–water partition coefficient (Wildman–Crippen LogP) is 4.26. The van der Waals surface area contributed by atoms with Crippen LogP contribution >= 0.6 is 11.8 Å². The maximum atomic E-state index is 12.7. The fourth-order valence-electron chi connectivity index (χ4n) is 3.13. The third-order valence-electron chi connectivity index (χ3n) is 4.95. The number of esters is 1. The van der Waals surface area contributed by atoms with Crippen LogP contribution in [-0.4, -0.2) is 54.3 Å². The monoisotopic (exact) mass is 439 g/mol. The van der Waals surface area contributed by atoms with Gasteiger partial charge in [0.1, 0.15) is 5.75 Å². The van der Waals surface area contributed by atoms with E-state index in [1.807, 2.05) is 12.1 Å². The van der Waals surface area contributed by atoms with Crippen LogP contribution in [0.3, 0.4) is 0 Å². The molecule has 3 rings (SSSR count). The van der Waals surface area contributed by atoms with Gasteiger partial charge in [0.05, 0.1) is 23.3 Å². The van der Waals surface area contributed by atoms with E-state index in [4.69, 9.17) is 4.74 Å². The standard InChI is InChI=1S/C23H25N3O4S/c1-5-26(6-2)18-12-9-16(19(27)14-18)13-20-21(28)25(3)23(31-20)24-17-10-7-15(8-11-17)22(29)30-4/h7-14,27H,5-6H2,1-4H3/b20-13-,24-23?. The number of thioether (sulfide) groups is 1. The molecule has 0 radical (unpaired) electrons. The Morgan fingerprint density at radius 1 is 1.19 bits per heavy atom. The second-order valence-electron chi connectivity index (χ2n) is 6.82. The lowest BCUT2D eigenvalue weighted by atomic mass is 10.1. The molecular weight excluding hydrogens is 414 g/mol. The highest BCUT2D eigenvalue weighted by Gasteiger charge is 2.30. The summed E-state index contributed by atoms with van der Waals surface area (Å²) in [7, 11) is 2.98. The van der Waals surface area contributed by atoms with Gasteiger partial charge in [-0.25, -0.2) is 9.79 Å². The third-order valence-corrected chi connectivity index (χ3v) is 6.01. The summed E-state index contributed by atoms with van der Waals surface area (Å²) in [6.45, 7) is 5.81. The van der Waals surface area contributed by atoms with Crippen molar-refractivity contribution in [1.29, 1.82) is 0 Å². The molecule has 1 saturated heterocycles. The molecule has 1 aliphatic heterocycles. The van der Waals surface area contributed by atoms with Gasteiger partial charge in [0, 0.05) is 37.5 Å². The van der Waals surface area contributed by atoms with Crippen molar-refractivity contribution in [3.05, 3.63) is 58.5 Å². The summed E-state index contributed by atoms with van der Waals surface area (Å²) in [5.74, 6) is -0.488. The number of phenolic OH excluding ortho intramolecular Hbond substituents is 1. The van der Waals surface area contributed by atoms with E-state index in [-0.39, 0.29) is 11.7 Å². The zero-order valence-corrected chi connectivity index (χ0v) is 18.8. The van der Waals surface area contributed by atoms with Crippen LogP contribution in [0.25, 0.3) is 6.08 Å². The van der Waals surface area contributed by atoms with Crippen molar-refractivity contribution in [1.82, 2.24) is 4.90 Å². The summed E-state index contributed by atoms with van der Waals surface area (Å²) >= 11 is 1.23. The van der Waals surface area contributed by atoms with E-state index in [1.54, 1.807) is 43.5 Å². The van der Waals surface area contributed by atoms with E-state index in [2.05, 4.69) is 23.7 Å². The number of likely N-dealkylation sites (N-methyl/N-ethyl adjacent to an activating group) is 1. The number of rotatable bonds is 6. The molecule has 0 bridgehead atoms. The highest BCUT2D eigenvalue weighted by atomic mass is 32.2. The molecule has 31 heavy (non-hydrogen) atoms. The molecule has 0 saturated carbocycles. The van der Waals surface area contributed by atoms with Crippen LogP contribution in [-0.2, 0) is 9.53 Å². The summed E-state index contributed by atoms with van der Waals surface area (Å²) < 4.78 is 4.69. The van der Waals surface area contributed by atoms with Crippen LogP contribution in [0.1, 0.15) is 29.8 Å². The zero-order chi connectivity index (χ0) is 22.5. The first kappa shape index (κ1) is 22.4. The number of amides is 1. The molecule has 2 aromatic rings. The normalized spacial score (nSPS) is 16.3. The molecule has 1 aliphatic rings. The number of hydrogen-bond acceptors (Lipinski definition) is 7. The van der Waals surface area contributed by atoms with Crippen LogP contribution in [0.4, 0.5) is 11.4 Å². The van der Waals surface area contributed by atoms with E-state index in [0.29, 0.717) is 26.9 Å². The summed E-state index contributed by atoms with van der Waals surface area (Å²) in [5.41, 5.74) is 2.55. The molecule has 0 atom stereocenters. The van der Waals surface area contributed by atoms with Crippen LogP contribution in [0, 0.1) is 0 Å². The first-order chi connectivity index (χ1) is 14.9. The van der Waals surface area contributed by atoms with Crippen molar-refractivity contribution in [2.45, 2.75) is 13.8 Å². The molecule has 2 aromatic carbocycles. The van der Waals surface area contributed by atoms with Gasteiger partial charge >= 0.3 is 5.97 Å². The van der Waals surface area contributed by atoms with Gasteiger partial charge in [0.2, 0.25) is 0 Å². The molecular formula is C23H25N3O4S. The highest BCUT2D eigenvalue weighted by molar-refractivity contribution is 8.18. The molecule has 0 aromatic heterocycles. The maximum Gasteiger partial charge on any atom is 0.337 e. The summed E-state index contributed by atoms with van der Waals surface area (Å²) in [6.07, 6.45) is 1.67. The number of carbonyl (C=O) groups excluding carboxylic acids is 2. The zero-order valence-electron chi connectivity index (χ0n) is 18.0. The average Bonchev–Trinajstić information content (AvgIpc) is 3.04. The van der Waals surface area contributed by atoms with Crippen molar-refractivity contribution in [2.75, 3.05) is 32.1 Å². The molecule has 8 heteroatoms. The lowest BCUT2D eigenvalue weighted by molar-refractivity contribution is -0.121. The van der Waals surface area contributed by atoms with Crippen molar-refractivity contribution in [2.24, 2.45) is 4.99 Å². The minimum Gasteiger partial charge on any atom is -0.507 e. The van der Waals surface area contributed by atoms with Crippen LogP contribution < -0.4 is 4.90 Å². The van der Waals surface area contributed by atoms with Gasteiger partial charge in [0.15, 0.2) is 5.17 Å². The number of benzene rings is 2.